The van der Waals surface area contributed by atoms with Gasteiger partial charge in [0, 0.05) is 0 Å². The van der Waals surface area contributed by atoms with Crippen molar-refractivity contribution < 1.29 is 37.1 Å². The molecule has 0 spiro atoms. The molecule has 1 heterocycles. The second-order valence-electron chi connectivity index (χ2n) is 6.23. The zero-order chi connectivity index (χ0) is 17.6. The molecule has 1 aliphatic rings. The third kappa shape index (κ3) is 3.78. The van der Waals surface area contributed by atoms with E-state index in [1.807, 2.05) is 0 Å². The van der Waals surface area contributed by atoms with E-state index in [4.69, 9.17) is 14.4 Å². The molecule has 2 rings (SSSR count). The first kappa shape index (κ1) is 17.6. The molecule has 0 atom stereocenters. The van der Waals surface area contributed by atoms with Crippen LogP contribution in [0.3, 0.4) is 0 Å². The van der Waals surface area contributed by atoms with Crippen LogP contribution in [-0.2, 0) is 9.31 Å². The van der Waals surface area contributed by atoms with Gasteiger partial charge in [-0.2, -0.15) is 0 Å². The van der Waals surface area contributed by atoms with Crippen molar-refractivity contribution in [1.29, 1.82) is 0 Å². The molecule has 0 radical (unpaired) electrons. The Bertz CT molecular complexity index is 611. The van der Waals surface area contributed by atoms with Crippen molar-refractivity contribution in [3.8, 4) is 5.75 Å². The second-order valence-corrected chi connectivity index (χ2v) is 6.23. The molecule has 0 bridgehead atoms. The van der Waals surface area contributed by atoms with Gasteiger partial charge in [-0.3, -0.25) is 0 Å². The van der Waals surface area contributed by atoms with Gasteiger partial charge in [0.15, 0.2) is 0 Å². The van der Waals surface area contributed by atoms with Crippen molar-refractivity contribution in [2.75, 3.05) is 0 Å². The molecule has 126 valence electrons. The number of aromatic carboxylic acids is 1. The highest BCUT2D eigenvalue weighted by molar-refractivity contribution is 6.62. The predicted molar refractivity (Wildman–Crippen MR) is 75.8 cm³/mol. The molecule has 1 fully saturated rings. The molecule has 0 aliphatic carbocycles. The van der Waals surface area contributed by atoms with Gasteiger partial charge in [-0.05, 0) is 51.4 Å². The van der Waals surface area contributed by atoms with Gasteiger partial charge in [0.25, 0.3) is 0 Å². The van der Waals surface area contributed by atoms with Crippen molar-refractivity contribution >= 4 is 18.6 Å². The van der Waals surface area contributed by atoms with Gasteiger partial charge < -0.3 is 19.2 Å². The van der Waals surface area contributed by atoms with E-state index in [2.05, 4.69) is 4.74 Å². The van der Waals surface area contributed by atoms with Crippen molar-refractivity contribution in [3.05, 3.63) is 23.8 Å². The summed E-state index contributed by atoms with van der Waals surface area (Å²) in [5.74, 6) is -2.02. The van der Waals surface area contributed by atoms with E-state index in [0.717, 1.165) is 12.1 Å². The molecule has 5 nitrogen and oxygen atoms in total. The summed E-state index contributed by atoms with van der Waals surface area (Å²) in [4.78, 5) is 11.1. The Hall–Kier alpha value is -1.74. The third-order valence-electron chi connectivity index (χ3n) is 3.93. The number of alkyl halides is 3. The van der Waals surface area contributed by atoms with E-state index in [0.29, 0.717) is 0 Å². The number of hydrogen-bond donors (Lipinski definition) is 1. The normalized spacial score (nSPS) is 19.7. The Balaban J connectivity index is 2.41. The molecule has 0 aromatic heterocycles. The van der Waals surface area contributed by atoms with Gasteiger partial charge in [0.2, 0.25) is 0 Å². The summed E-state index contributed by atoms with van der Waals surface area (Å²) in [5.41, 5.74) is -1.62. The Morgan fingerprint density at radius 3 is 2.09 bits per heavy atom. The first-order valence-electron chi connectivity index (χ1n) is 6.80. The number of rotatable bonds is 3. The van der Waals surface area contributed by atoms with Gasteiger partial charge in [0.05, 0.1) is 16.8 Å². The molecular formula is C14H16BF3O5. The topological polar surface area (TPSA) is 65.0 Å². The van der Waals surface area contributed by atoms with Crippen LogP contribution in [0, 0.1) is 0 Å². The Morgan fingerprint density at radius 2 is 1.65 bits per heavy atom. The summed E-state index contributed by atoms with van der Waals surface area (Å²) in [6.07, 6.45) is -4.93. The highest BCUT2D eigenvalue weighted by atomic mass is 19.4. The summed E-state index contributed by atoms with van der Waals surface area (Å²) in [7, 11) is -0.991. The van der Waals surface area contributed by atoms with Crippen LogP contribution < -0.4 is 10.2 Å². The quantitative estimate of drug-likeness (QED) is 0.862. The van der Waals surface area contributed by atoms with E-state index in [9.17, 15) is 18.0 Å². The number of carbonyl (C=O) groups is 1. The zero-order valence-corrected chi connectivity index (χ0v) is 13.0. The third-order valence-corrected chi connectivity index (χ3v) is 3.93. The van der Waals surface area contributed by atoms with Crippen molar-refractivity contribution in [3.63, 3.8) is 0 Å². The molecule has 1 N–H and O–H groups in total. The number of hydrogen-bond acceptors (Lipinski definition) is 4. The van der Waals surface area contributed by atoms with Crippen LogP contribution in [0.25, 0.3) is 0 Å². The van der Waals surface area contributed by atoms with Gasteiger partial charge in [-0.15, -0.1) is 13.2 Å². The first-order chi connectivity index (χ1) is 10.3. The van der Waals surface area contributed by atoms with Crippen LogP contribution >= 0.6 is 0 Å². The number of ether oxygens (including phenoxy) is 1. The number of halogens is 3. The second kappa shape index (κ2) is 5.42. The molecule has 9 heteroatoms. The Morgan fingerprint density at radius 1 is 1.13 bits per heavy atom. The fraction of sp³-hybridized carbons (Fsp3) is 0.500. The molecule has 1 aliphatic heterocycles. The smallest absolute Gasteiger partial charge is 0.478 e. The summed E-state index contributed by atoms with van der Waals surface area (Å²) >= 11 is 0. The van der Waals surface area contributed by atoms with Crippen molar-refractivity contribution in [2.24, 2.45) is 0 Å². The van der Waals surface area contributed by atoms with Crippen LogP contribution in [0.5, 0.6) is 5.75 Å². The molecule has 23 heavy (non-hydrogen) atoms. The van der Waals surface area contributed by atoms with Crippen LogP contribution in [0.2, 0.25) is 0 Å². The molecule has 0 unspecified atom stereocenters. The standard InChI is InChI=1S/C14H16BF3O5/c1-12(2)13(3,4)23-15(22-12)9-5-8(11(19)20)6-10(7-9)21-14(16,17)18/h5-7H,1-4H3,(H,19,20). The number of carboxylic acid groups (broad SMARTS) is 1. The van der Waals surface area contributed by atoms with E-state index in [1.54, 1.807) is 27.7 Å². The first-order valence-corrected chi connectivity index (χ1v) is 6.80. The highest BCUT2D eigenvalue weighted by Gasteiger charge is 2.52. The minimum atomic E-state index is -4.93. The summed E-state index contributed by atoms with van der Waals surface area (Å²) < 4.78 is 52.4. The zero-order valence-electron chi connectivity index (χ0n) is 13.0. The van der Waals surface area contributed by atoms with E-state index >= 15 is 0 Å². The lowest BCUT2D eigenvalue weighted by Gasteiger charge is -2.32. The van der Waals surface area contributed by atoms with E-state index < -0.39 is 36.4 Å². The SMILES string of the molecule is CC1(C)OB(c2cc(OC(F)(F)F)cc(C(=O)O)c2)OC1(C)C. The molecule has 0 saturated carbocycles. The average Bonchev–Trinajstić information content (AvgIpc) is 2.56. The van der Waals surface area contributed by atoms with E-state index in [-0.39, 0.29) is 11.0 Å². The van der Waals surface area contributed by atoms with Crippen LogP contribution in [0.1, 0.15) is 38.1 Å². The number of carboxylic acids is 1. The molecule has 0 amide bonds. The molecule has 1 saturated heterocycles. The maximum Gasteiger partial charge on any atom is 0.573 e. The largest absolute Gasteiger partial charge is 0.573 e. The van der Waals surface area contributed by atoms with Crippen LogP contribution in [0.15, 0.2) is 18.2 Å². The molecule has 1 aromatic rings. The Kier molecular flexibility index (Phi) is 4.15. The molecular weight excluding hydrogens is 316 g/mol. The van der Waals surface area contributed by atoms with E-state index in [1.165, 1.54) is 6.07 Å². The minimum absolute atomic E-state index is 0.141. The molecule has 1 aromatic carbocycles. The van der Waals surface area contributed by atoms with Crippen molar-refractivity contribution in [2.45, 2.75) is 45.3 Å². The maximum absolute atomic E-state index is 12.4. The highest BCUT2D eigenvalue weighted by Crippen LogP contribution is 2.37. The maximum atomic E-state index is 12.4. The van der Waals surface area contributed by atoms with Gasteiger partial charge >= 0.3 is 19.5 Å². The van der Waals surface area contributed by atoms with Gasteiger partial charge in [-0.25, -0.2) is 4.79 Å². The average molecular weight is 332 g/mol. The Labute approximate surface area is 131 Å². The fourth-order valence-electron chi connectivity index (χ4n) is 2.05. The van der Waals surface area contributed by atoms with Crippen LogP contribution in [0.4, 0.5) is 13.2 Å². The van der Waals surface area contributed by atoms with Gasteiger partial charge in [0.1, 0.15) is 5.75 Å². The minimum Gasteiger partial charge on any atom is -0.478 e. The number of benzene rings is 1. The van der Waals surface area contributed by atoms with Crippen LogP contribution in [-0.4, -0.2) is 35.8 Å². The summed E-state index contributed by atoms with van der Waals surface area (Å²) in [6, 6.07) is 3.06. The summed E-state index contributed by atoms with van der Waals surface area (Å²) in [5, 5.41) is 9.06. The van der Waals surface area contributed by atoms with Crippen molar-refractivity contribution in [1.82, 2.24) is 0 Å². The predicted octanol–water partition coefficient (Wildman–Crippen LogP) is 2.58. The summed E-state index contributed by atoms with van der Waals surface area (Å²) in [6.45, 7) is 7.12. The lowest BCUT2D eigenvalue weighted by Crippen LogP contribution is -2.41. The lowest BCUT2D eigenvalue weighted by atomic mass is 9.78. The van der Waals surface area contributed by atoms with Gasteiger partial charge in [-0.1, -0.05) is 0 Å². The monoisotopic (exact) mass is 332 g/mol. The lowest BCUT2D eigenvalue weighted by molar-refractivity contribution is -0.274. The fourth-order valence-corrected chi connectivity index (χ4v) is 2.05.